The molecule has 5 aromatic rings. The lowest BCUT2D eigenvalue weighted by molar-refractivity contribution is 0.455. The Morgan fingerprint density at radius 3 is 0.938 bits per heavy atom. The minimum atomic E-state index is -0.203. The van der Waals surface area contributed by atoms with Crippen molar-refractivity contribution in [3.8, 4) is 45.3 Å². The summed E-state index contributed by atoms with van der Waals surface area (Å²) in [4.78, 5) is 0. The minimum Gasteiger partial charge on any atom is -0.506 e. The Bertz CT molecular complexity index is 1320. The molecule has 0 bridgehead atoms. The fraction of sp³-hybridized carbons (Fsp3) is 0. The van der Waals surface area contributed by atoms with Crippen LogP contribution in [0.3, 0.4) is 0 Å². The van der Waals surface area contributed by atoms with Crippen LogP contribution in [-0.2, 0) is 0 Å². The highest BCUT2D eigenvalue weighted by atomic mass is 16.3. The molecule has 0 fully saturated rings. The Hall–Kier alpha value is -4.58. The number of phenols is 4. The molecule has 32 heavy (non-hydrogen) atoms. The third kappa shape index (κ3) is 2.81. The van der Waals surface area contributed by atoms with Crippen LogP contribution in [0.4, 0.5) is 11.4 Å². The Morgan fingerprint density at radius 1 is 0.438 bits per heavy atom. The van der Waals surface area contributed by atoms with Crippen LogP contribution in [0, 0.1) is 0 Å². The van der Waals surface area contributed by atoms with Gasteiger partial charge >= 0.3 is 0 Å². The Labute approximate surface area is 183 Å². The molecule has 5 aromatic carbocycles. The molecule has 0 atom stereocenters. The van der Waals surface area contributed by atoms with E-state index in [0.29, 0.717) is 11.1 Å². The molecule has 5 rings (SSSR count). The maximum absolute atomic E-state index is 10.3. The lowest BCUT2D eigenvalue weighted by Gasteiger charge is -2.18. The van der Waals surface area contributed by atoms with E-state index in [-0.39, 0.29) is 34.4 Å². The Kier molecular flexibility index (Phi) is 4.23. The number of aromatic hydroxyl groups is 4. The number of hydrogen-bond acceptors (Lipinski definition) is 6. The molecule has 0 aliphatic carbocycles. The molecular weight excluding hydrogens is 404 g/mol. The van der Waals surface area contributed by atoms with Gasteiger partial charge in [-0.2, -0.15) is 0 Å². The van der Waals surface area contributed by atoms with Gasteiger partial charge in [0.2, 0.25) is 0 Å². The molecule has 8 N–H and O–H groups in total. The van der Waals surface area contributed by atoms with E-state index in [1.54, 1.807) is 0 Å². The van der Waals surface area contributed by atoms with Crippen molar-refractivity contribution >= 4 is 32.9 Å². The maximum Gasteiger partial charge on any atom is 0.142 e. The molecule has 0 aliphatic heterocycles. The number of fused-ring (bicyclic) bond motifs is 2. The van der Waals surface area contributed by atoms with Crippen LogP contribution in [0.15, 0.2) is 72.8 Å². The molecule has 0 amide bonds. The summed E-state index contributed by atoms with van der Waals surface area (Å²) in [6.07, 6.45) is 0. The number of hydrogen-bond donors (Lipinski definition) is 6. The molecule has 0 saturated heterocycles. The highest BCUT2D eigenvalue weighted by molar-refractivity contribution is 6.21. The molecule has 6 heteroatoms. The fourth-order valence-corrected chi connectivity index (χ4v) is 4.29. The zero-order valence-corrected chi connectivity index (χ0v) is 16.9. The van der Waals surface area contributed by atoms with Crippen LogP contribution in [0.2, 0.25) is 0 Å². The van der Waals surface area contributed by atoms with Gasteiger partial charge in [0, 0.05) is 0 Å². The molecule has 0 aliphatic rings. The largest absolute Gasteiger partial charge is 0.506 e. The van der Waals surface area contributed by atoms with Gasteiger partial charge in [-0.15, -0.1) is 0 Å². The first kappa shape index (κ1) is 19.4. The van der Waals surface area contributed by atoms with Gasteiger partial charge in [-0.25, -0.2) is 0 Å². The van der Waals surface area contributed by atoms with E-state index in [1.165, 1.54) is 24.3 Å². The molecule has 0 spiro atoms. The fourth-order valence-electron chi connectivity index (χ4n) is 4.29. The number of phenolic OH excluding ortho intramolecular Hbond substituents is 4. The second-order valence-corrected chi connectivity index (χ2v) is 7.70. The van der Waals surface area contributed by atoms with Crippen LogP contribution in [0.1, 0.15) is 0 Å². The number of nitrogen functional groups attached to an aromatic ring is 2. The van der Waals surface area contributed by atoms with Crippen LogP contribution >= 0.6 is 0 Å². The van der Waals surface area contributed by atoms with Gasteiger partial charge in [0.05, 0.1) is 0 Å². The predicted molar refractivity (Wildman–Crippen MR) is 128 cm³/mol. The summed E-state index contributed by atoms with van der Waals surface area (Å²) in [6.45, 7) is 0. The second kappa shape index (κ2) is 6.99. The Morgan fingerprint density at radius 2 is 0.688 bits per heavy atom. The van der Waals surface area contributed by atoms with Gasteiger partial charge in [0.25, 0.3) is 0 Å². The Balaban J connectivity index is 1.97. The van der Waals surface area contributed by atoms with E-state index in [1.807, 2.05) is 48.5 Å². The first-order chi connectivity index (χ1) is 15.4. The number of benzene rings is 5. The highest BCUT2D eigenvalue weighted by Gasteiger charge is 2.19. The van der Waals surface area contributed by atoms with E-state index in [0.717, 1.165) is 32.7 Å². The third-order valence-corrected chi connectivity index (χ3v) is 5.78. The first-order valence-corrected chi connectivity index (χ1v) is 9.94. The predicted octanol–water partition coefficient (Wildman–Crippen LogP) is 5.31. The number of rotatable bonds is 2. The van der Waals surface area contributed by atoms with Crippen molar-refractivity contribution in [1.29, 1.82) is 0 Å². The van der Waals surface area contributed by atoms with Crippen molar-refractivity contribution in [3.05, 3.63) is 72.8 Å². The summed E-state index contributed by atoms with van der Waals surface area (Å²) in [6, 6.07) is 21.5. The van der Waals surface area contributed by atoms with Crippen molar-refractivity contribution in [3.63, 3.8) is 0 Å². The molecule has 0 saturated carbocycles. The van der Waals surface area contributed by atoms with Crippen molar-refractivity contribution in [2.75, 3.05) is 11.5 Å². The summed E-state index contributed by atoms with van der Waals surface area (Å²) >= 11 is 0. The van der Waals surface area contributed by atoms with Gasteiger partial charge in [-0.1, -0.05) is 48.5 Å². The van der Waals surface area contributed by atoms with E-state index in [9.17, 15) is 20.4 Å². The monoisotopic (exact) mass is 424 g/mol. The number of nitrogens with two attached hydrogens (primary N) is 2. The van der Waals surface area contributed by atoms with Crippen molar-refractivity contribution in [2.24, 2.45) is 0 Å². The lowest BCUT2D eigenvalue weighted by atomic mass is 9.85. The average Bonchev–Trinajstić information content (AvgIpc) is 2.78. The topological polar surface area (TPSA) is 133 Å². The molecule has 0 aromatic heterocycles. The van der Waals surface area contributed by atoms with Gasteiger partial charge in [-0.05, 0) is 68.1 Å². The molecule has 0 unspecified atom stereocenters. The number of anilines is 2. The van der Waals surface area contributed by atoms with Gasteiger partial charge < -0.3 is 31.9 Å². The average molecular weight is 424 g/mol. The maximum atomic E-state index is 10.3. The van der Waals surface area contributed by atoms with Gasteiger partial charge in [0.15, 0.2) is 0 Å². The second-order valence-electron chi connectivity index (χ2n) is 7.70. The molecule has 6 nitrogen and oxygen atoms in total. The van der Waals surface area contributed by atoms with E-state index in [4.69, 9.17) is 11.5 Å². The van der Waals surface area contributed by atoms with Gasteiger partial charge in [0.1, 0.15) is 34.4 Å². The third-order valence-electron chi connectivity index (χ3n) is 5.78. The van der Waals surface area contributed by atoms with E-state index < -0.39 is 0 Å². The van der Waals surface area contributed by atoms with Crippen molar-refractivity contribution in [1.82, 2.24) is 0 Å². The zero-order valence-electron chi connectivity index (χ0n) is 16.9. The molecule has 158 valence electrons. The molecular formula is C26H20N2O4. The van der Waals surface area contributed by atoms with Crippen LogP contribution < -0.4 is 11.5 Å². The van der Waals surface area contributed by atoms with Crippen LogP contribution in [0.25, 0.3) is 43.8 Å². The lowest BCUT2D eigenvalue weighted by Crippen LogP contribution is -1.93. The van der Waals surface area contributed by atoms with E-state index in [2.05, 4.69) is 0 Å². The van der Waals surface area contributed by atoms with Crippen molar-refractivity contribution in [2.45, 2.75) is 0 Å². The van der Waals surface area contributed by atoms with Crippen LogP contribution in [-0.4, -0.2) is 20.4 Å². The first-order valence-electron chi connectivity index (χ1n) is 9.94. The van der Waals surface area contributed by atoms with Crippen LogP contribution in [0.5, 0.6) is 23.0 Å². The van der Waals surface area contributed by atoms with Gasteiger partial charge in [-0.3, -0.25) is 0 Å². The summed E-state index contributed by atoms with van der Waals surface area (Å²) in [5.41, 5.74) is 14.2. The zero-order chi connectivity index (χ0) is 22.6. The highest BCUT2D eigenvalue weighted by Crippen LogP contribution is 2.47. The summed E-state index contributed by atoms with van der Waals surface area (Å²) in [5, 5.41) is 44.5. The normalized spacial score (nSPS) is 11.2. The summed E-state index contributed by atoms with van der Waals surface area (Å²) in [5.74, 6) is -0.813. The smallest absolute Gasteiger partial charge is 0.142 e. The quantitative estimate of drug-likeness (QED) is 0.129. The molecule has 0 radical (unpaired) electrons. The standard InChI is InChI=1S/C26H20N2O4/c27-25-19(29)9-13(10-20(25)30)23-15-5-1-2-6-16(15)24(18-8-4-3-7-17(18)23)14-11-21(31)26(28)22(32)12-14/h1-12,29-32H,27-28H2. The summed E-state index contributed by atoms with van der Waals surface area (Å²) < 4.78 is 0. The van der Waals surface area contributed by atoms with E-state index >= 15 is 0 Å². The minimum absolute atomic E-state index is 0.0770. The van der Waals surface area contributed by atoms with Crippen molar-refractivity contribution < 1.29 is 20.4 Å². The molecule has 0 heterocycles. The summed E-state index contributed by atoms with van der Waals surface area (Å²) in [7, 11) is 0. The SMILES string of the molecule is Nc1c(O)cc(-c2c3ccccc3c(-c3cc(O)c(N)c(O)c3)c3ccccc23)cc1O.